The molecule has 34 heavy (non-hydrogen) atoms. The molecular weight excluding hydrogens is 444 g/mol. The lowest BCUT2D eigenvalue weighted by Gasteiger charge is -2.35. The van der Waals surface area contributed by atoms with E-state index >= 15 is 0 Å². The topological polar surface area (TPSA) is 76.8 Å². The number of carbonyl (C=O) groups excluding carboxylic acids is 1. The summed E-state index contributed by atoms with van der Waals surface area (Å²) >= 11 is 0. The van der Waals surface area contributed by atoms with Gasteiger partial charge in [0.05, 0.1) is 11.0 Å². The first-order valence-electron chi connectivity index (χ1n) is 12.1. The molecule has 0 spiro atoms. The average molecular weight is 479 g/mol. The monoisotopic (exact) mass is 478 g/mol. The second-order valence-corrected chi connectivity index (χ2v) is 11.8. The number of nitrogens with zero attached hydrogens (tertiary/aromatic N) is 4. The molecule has 0 radical (unpaired) electrons. The van der Waals surface area contributed by atoms with Gasteiger partial charge in [-0.25, -0.2) is 12.9 Å². The highest BCUT2D eigenvalue weighted by Crippen LogP contribution is 2.34. The number of rotatable bonds is 6. The zero-order valence-electron chi connectivity index (χ0n) is 20.3. The van der Waals surface area contributed by atoms with E-state index < -0.39 is 16.0 Å². The Morgan fingerprint density at radius 1 is 1.09 bits per heavy atom. The van der Waals surface area contributed by atoms with Crippen LogP contribution in [0.4, 0.5) is 0 Å². The first kappa shape index (κ1) is 24.4. The fourth-order valence-corrected chi connectivity index (χ4v) is 7.27. The van der Waals surface area contributed by atoms with Gasteiger partial charge < -0.3 is 4.90 Å². The summed E-state index contributed by atoms with van der Waals surface area (Å²) in [5, 5.41) is 9.45. The van der Waals surface area contributed by atoms with Crippen LogP contribution in [0.5, 0.6) is 0 Å². The molecule has 4 atom stereocenters. The van der Waals surface area contributed by atoms with Crippen LogP contribution in [0, 0.1) is 31.1 Å². The highest BCUT2D eigenvalue weighted by atomic mass is 32.2. The summed E-state index contributed by atoms with van der Waals surface area (Å²) in [5.74, 6) is -0.00873. The van der Waals surface area contributed by atoms with Gasteiger partial charge in [-0.2, -0.15) is 5.26 Å². The predicted molar refractivity (Wildman–Crippen MR) is 134 cm³/mol. The van der Waals surface area contributed by atoms with Crippen LogP contribution in [-0.4, -0.2) is 45.0 Å². The van der Waals surface area contributed by atoms with E-state index in [-0.39, 0.29) is 17.9 Å². The maximum Gasteiger partial charge on any atom is 0.241 e. The summed E-state index contributed by atoms with van der Waals surface area (Å²) in [5.41, 5.74) is 3.34. The molecule has 7 heteroatoms. The molecule has 1 heterocycles. The first-order chi connectivity index (χ1) is 16.4. The SMILES string of the molecule is CN=[S@](=O)(c1ccc(C)cc1)N1CCC[C@H]1C(=O)N(Cc1ccc(C)cc1)[C@H]1CC[C@H](C#N)C1. The van der Waals surface area contributed by atoms with E-state index in [9.17, 15) is 14.3 Å². The van der Waals surface area contributed by atoms with Gasteiger partial charge in [0.15, 0.2) is 0 Å². The van der Waals surface area contributed by atoms with Crippen molar-refractivity contribution in [3.05, 3.63) is 65.2 Å². The molecule has 0 bridgehead atoms. The van der Waals surface area contributed by atoms with Gasteiger partial charge in [0, 0.05) is 32.1 Å². The van der Waals surface area contributed by atoms with Gasteiger partial charge in [-0.3, -0.25) is 4.79 Å². The largest absolute Gasteiger partial charge is 0.334 e. The maximum absolute atomic E-state index is 14.2. The maximum atomic E-state index is 14.2. The van der Waals surface area contributed by atoms with Crippen molar-refractivity contribution in [1.82, 2.24) is 9.21 Å². The molecule has 0 unspecified atom stereocenters. The van der Waals surface area contributed by atoms with Crippen LogP contribution in [0.15, 0.2) is 57.8 Å². The summed E-state index contributed by atoms with van der Waals surface area (Å²) in [6.45, 7) is 5.12. The minimum atomic E-state index is -2.89. The van der Waals surface area contributed by atoms with Gasteiger partial charge >= 0.3 is 0 Å². The molecule has 4 rings (SSSR count). The zero-order valence-corrected chi connectivity index (χ0v) is 21.1. The van der Waals surface area contributed by atoms with Crippen molar-refractivity contribution in [3.63, 3.8) is 0 Å². The van der Waals surface area contributed by atoms with Crippen LogP contribution in [0.2, 0.25) is 0 Å². The lowest BCUT2D eigenvalue weighted by molar-refractivity contribution is -0.137. The molecule has 2 aromatic rings. The molecule has 2 fully saturated rings. The highest BCUT2D eigenvalue weighted by Gasteiger charge is 2.42. The van der Waals surface area contributed by atoms with Crippen molar-refractivity contribution in [1.29, 1.82) is 5.26 Å². The van der Waals surface area contributed by atoms with E-state index in [0.717, 1.165) is 30.4 Å². The predicted octanol–water partition coefficient (Wildman–Crippen LogP) is 4.86. The van der Waals surface area contributed by atoms with Crippen LogP contribution in [-0.2, 0) is 21.3 Å². The van der Waals surface area contributed by atoms with Crippen molar-refractivity contribution in [2.45, 2.75) is 69.5 Å². The molecule has 1 amide bonds. The number of benzene rings is 2. The Hall–Kier alpha value is -2.69. The standard InChI is InChI=1S/C27H34N4O2S/c1-20-6-10-22(11-7-20)19-30(24-13-12-23(17-24)18-28)27(32)26-5-4-16-31(26)34(33,29-3)25-14-8-21(2)9-15-25/h6-11,14-15,23-24,26H,4-5,12-13,16-17,19H2,1-3H3/t23-,24-,26-,34+/m0/s1. The second-order valence-electron chi connectivity index (χ2n) is 9.54. The van der Waals surface area contributed by atoms with E-state index in [4.69, 9.17) is 0 Å². The first-order valence-corrected chi connectivity index (χ1v) is 13.6. The average Bonchev–Trinajstić information content (AvgIpc) is 3.53. The number of carbonyl (C=O) groups is 1. The van der Waals surface area contributed by atoms with E-state index in [1.807, 2.05) is 47.3 Å². The Morgan fingerprint density at radius 2 is 1.74 bits per heavy atom. The van der Waals surface area contributed by atoms with Gasteiger partial charge in [-0.1, -0.05) is 47.5 Å². The smallest absolute Gasteiger partial charge is 0.241 e. The van der Waals surface area contributed by atoms with Crippen LogP contribution in [0.25, 0.3) is 0 Å². The molecule has 1 saturated carbocycles. The van der Waals surface area contributed by atoms with Gasteiger partial charge in [-0.15, -0.1) is 0 Å². The molecule has 1 saturated heterocycles. The molecule has 2 aliphatic rings. The van der Waals surface area contributed by atoms with Crippen molar-refractivity contribution >= 4 is 15.8 Å². The van der Waals surface area contributed by atoms with Crippen LogP contribution >= 0.6 is 0 Å². The van der Waals surface area contributed by atoms with E-state index in [0.29, 0.717) is 30.8 Å². The second kappa shape index (κ2) is 10.3. The molecule has 2 aromatic carbocycles. The van der Waals surface area contributed by atoms with Crippen molar-refractivity contribution < 1.29 is 9.00 Å². The van der Waals surface area contributed by atoms with Crippen molar-refractivity contribution in [2.75, 3.05) is 13.6 Å². The molecule has 1 aliphatic carbocycles. The minimum absolute atomic E-state index is 0.00477. The normalized spacial score (nSPS) is 24.4. The van der Waals surface area contributed by atoms with Crippen LogP contribution in [0.3, 0.4) is 0 Å². The summed E-state index contributed by atoms with van der Waals surface area (Å²) in [7, 11) is -1.30. The lowest BCUT2D eigenvalue weighted by atomic mass is 10.1. The fraction of sp³-hybridized carbons (Fsp3) is 0.481. The Labute approximate surface area is 203 Å². The Balaban J connectivity index is 1.65. The third kappa shape index (κ3) is 4.89. The van der Waals surface area contributed by atoms with Crippen molar-refractivity contribution in [3.8, 4) is 6.07 Å². The Morgan fingerprint density at radius 3 is 2.32 bits per heavy atom. The summed E-state index contributed by atoms with van der Waals surface area (Å²) in [6, 6.07) is 17.8. The number of amides is 1. The molecule has 6 nitrogen and oxygen atoms in total. The summed E-state index contributed by atoms with van der Waals surface area (Å²) in [4.78, 5) is 16.7. The van der Waals surface area contributed by atoms with E-state index in [1.54, 1.807) is 7.05 Å². The third-order valence-corrected chi connectivity index (χ3v) is 9.62. The fourth-order valence-electron chi connectivity index (χ4n) is 5.17. The van der Waals surface area contributed by atoms with E-state index in [1.165, 1.54) is 5.56 Å². The summed E-state index contributed by atoms with van der Waals surface area (Å²) in [6.07, 6.45) is 3.81. The lowest BCUT2D eigenvalue weighted by Crippen LogP contribution is -2.50. The molecular formula is C27H34N4O2S. The van der Waals surface area contributed by atoms with Crippen molar-refractivity contribution in [2.24, 2.45) is 10.3 Å². The minimum Gasteiger partial charge on any atom is -0.334 e. The number of nitriles is 1. The molecule has 0 N–H and O–H groups in total. The quantitative estimate of drug-likeness (QED) is 0.595. The van der Waals surface area contributed by atoms with Gasteiger partial charge in [0.2, 0.25) is 5.91 Å². The highest BCUT2D eigenvalue weighted by molar-refractivity contribution is 7.91. The van der Waals surface area contributed by atoms with E-state index in [2.05, 4.69) is 34.7 Å². The zero-order chi connectivity index (χ0) is 24.3. The summed E-state index contributed by atoms with van der Waals surface area (Å²) < 4.78 is 20.4. The number of hydrogen-bond acceptors (Lipinski definition) is 4. The Kier molecular flexibility index (Phi) is 7.39. The van der Waals surface area contributed by atoms with Gasteiger partial charge in [-0.05, 0) is 63.6 Å². The molecule has 0 aromatic heterocycles. The third-order valence-electron chi connectivity index (χ3n) is 7.17. The van der Waals surface area contributed by atoms with Gasteiger partial charge in [0.1, 0.15) is 16.0 Å². The number of aryl methyl sites for hydroxylation is 2. The van der Waals surface area contributed by atoms with Crippen LogP contribution in [0.1, 0.15) is 48.8 Å². The molecule has 1 aliphatic heterocycles. The Bertz CT molecular complexity index is 1180. The van der Waals surface area contributed by atoms with Gasteiger partial charge in [0.25, 0.3) is 0 Å². The molecule has 180 valence electrons. The van der Waals surface area contributed by atoms with Crippen LogP contribution < -0.4 is 0 Å². The number of hydrogen-bond donors (Lipinski definition) is 0.